The van der Waals surface area contributed by atoms with E-state index in [0.717, 1.165) is 23.5 Å². The highest BCUT2D eigenvalue weighted by Gasteiger charge is 2.31. The van der Waals surface area contributed by atoms with Gasteiger partial charge < -0.3 is 10.0 Å². The lowest BCUT2D eigenvalue weighted by atomic mass is 9.88. The van der Waals surface area contributed by atoms with Gasteiger partial charge in [0.05, 0.1) is 21.2 Å². The van der Waals surface area contributed by atoms with E-state index >= 15 is 0 Å². The minimum Gasteiger partial charge on any atom is -0.385 e. The van der Waals surface area contributed by atoms with Crippen molar-refractivity contribution in [3.8, 4) is 0 Å². The zero-order valence-corrected chi connectivity index (χ0v) is 14.3. The number of likely N-dealkylation sites (tertiary alicyclic amines) is 1. The van der Waals surface area contributed by atoms with Crippen LogP contribution in [0.2, 0.25) is 0 Å². The molecule has 0 aliphatic carbocycles. The molecule has 1 aromatic rings. The number of rotatable bonds is 4. The molecule has 20 heavy (non-hydrogen) atoms. The van der Waals surface area contributed by atoms with Crippen LogP contribution in [0.15, 0.2) is 0 Å². The Morgan fingerprint density at radius 3 is 2.20 bits per heavy atom. The van der Waals surface area contributed by atoms with Crippen molar-refractivity contribution in [1.82, 2.24) is 9.88 Å². The molecule has 0 amide bonds. The Balaban J connectivity index is 2.16. The summed E-state index contributed by atoms with van der Waals surface area (Å²) in [7, 11) is 0. The Bertz CT molecular complexity index is 417. The lowest BCUT2D eigenvalue weighted by molar-refractivity contribution is 0.0803. The van der Waals surface area contributed by atoms with Crippen molar-refractivity contribution in [2.24, 2.45) is 0 Å². The Morgan fingerprint density at radius 2 is 1.75 bits per heavy atom. The van der Waals surface area contributed by atoms with Crippen LogP contribution in [0.3, 0.4) is 0 Å². The van der Waals surface area contributed by atoms with Gasteiger partial charge in [-0.2, -0.15) is 0 Å². The van der Waals surface area contributed by atoms with Crippen LogP contribution in [-0.4, -0.2) is 34.6 Å². The molecule has 0 spiro atoms. The van der Waals surface area contributed by atoms with Crippen LogP contribution in [0.1, 0.15) is 63.0 Å². The minimum atomic E-state index is -0.799. The van der Waals surface area contributed by atoms with E-state index in [2.05, 4.69) is 25.7 Å². The molecule has 1 saturated heterocycles. The van der Waals surface area contributed by atoms with E-state index in [9.17, 15) is 5.11 Å². The highest BCUT2D eigenvalue weighted by atomic mass is 32.1. The van der Waals surface area contributed by atoms with Crippen LogP contribution in [0.25, 0.3) is 0 Å². The third kappa shape index (κ3) is 3.80. The number of nitrogens with zero attached hydrogens (tertiary/aromatic N) is 2. The molecule has 1 fully saturated rings. The molecule has 2 heterocycles. The first-order chi connectivity index (χ1) is 9.18. The molecule has 0 radical (unpaired) electrons. The second-order valence-electron chi connectivity index (χ2n) is 7.39. The second kappa shape index (κ2) is 5.74. The molecule has 3 nitrogen and oxygen atoms in total. The zero-order valence-electron chi connectivity index (χ0n) is 13.5. The van der Waals surface area contributed by atoms with Gasteiger partial charge in [-0.25, -0.2) is 4.98 Å². The zero-order chi connectivity index (χ0) is 15.0. The molecule has 0 unspecified atom stereocenters. The van der Waals surface area contributed by atoms with E-state index in [1.165, 1.54) is 30.9 Å². The van der Waals surface area contributed by atoms with E-state index in [1.807, 2.05) is 13.8 Å². The quantitative estimate of drug-likeness (QED) is 0.926. The van der Waals surface area contributed by atoms with Gasteiger partial charge in [-0.1, -0.05) is 20.8 Å². The fourth-order valence-corrected chi connectivity index (χ4v) is 3.92. The first kappa shape index (κ1) is 15.9. The summed E-state index contributed by atoms with van der Waals surface area (Å²) in [6.07, 6.45) is 3.67. The lowest BCUT2D eigenvalue weighted by Gasteiger charge is -2.23. The highest BCUT2D eigenvalue weighted by Crippen LogP contribution is 2.36. The second-order valence-corrected chi connectivity index (χ2v) is 8.48. The van der Waals surface area contributed by atoms with Crippen molar-refractivity contribution in [2.45, 2.75) is 64.9 Å². The van der Waals surface area contributed by atoms with Crippen molar-refractivity contribution >= 4 is 11.3 Å². The maximum atomic E-state index is 10.4. The highest BCUT2D eigenvalue weighted by molar-refractivity contribution is 7.11. The van der Waals surface area contributed by atoms with Gasteiger partial charge in [-0.05, 0) is 39.8 Å². The Hall–Kier alpha value is -0.450. The number of hydrogen-bond donors (Lipinski definition) is 1. The molecule has 0 saturated carbocycles. The van der Waals surface area contributed by atoms with Gasteiger partial charge in [-0.3, -0.25) is 0 Å². The van der Waals surface area contributed by atoms with Gasteiger partial charge in [0.15, 0.2) is 0 Å². The summed E-state index contributed by atoms with van der Waals surface area (Å²) in [5, 5.41) is 11.6. The SMILES string of the molecule is CC(C)(C)c1nc(CCN2CCCC2)sc1C(C)(C)O. The Kier molecular flexibility index (Phi) is 4.57. The lowest BCUT2D eigenvalue weighted by Crippen LogP contribution is -2.22. The summed E-state index contributed by atoms with van der Waals surface area (Å²) in [5.41, 5.74) is 0.246. The predicted octanol–water partition coefficient (Wildman–Crippen LogP) is 3.31. The molecule has 114 valence electrons. The number of aromatic nitrogens is 1. The van der Waals surface area contributed by atoms with Crippen molar-refractivity contribution in [1.29, 1.82) is 0 Å². The Morgan fingerprint density at radius 1 is 1.15 bits per heavy atom. The van der Waals surface area contributed by atoms with Crippen LogP contribution in [0, 0.1) is 0 Å². The molecular weight excluding hydrogens is 268 g/mol. The summed E-state index contributed by atoms with van der Waals surface area (Å²) < 4.78 is 0. The number of thiazole rings is 1. The van der Waals surface area contributed by atoms with Gasteiger partial charge in [0, 0.05) is 18.4 Å². The van der Waals surface area contributed by atoms with Crippen LogP contribution in [0.4, 0.5) is 0 Å². The van der Waals surface area contributed by atoms with E-state index < -0.39 is 5.60 Å². The van der Waals surface area contributed by atoms with Gasteiger partial charge in [0.2, 0.25) is 0 Å². The van der Waals surface area contributed by atoms with E-state index in [4.69, 9.17) is 4.98 Å². The van der Waals surface area contributed by atoms with Crippen LogP contribution >= 0.6 is 11.3 Å². The van der Waals surface area contributed by atoms with Crippen molar-refractivity contribution < 1.29 is 5.11 Å². The summed E-state index contributed by atoms with van der Waals surface area (Å²) in [6.45, 7) is 13.8. The van der Waals surface area contributed by atoms with Crippen LogP contribution < -0.4 is 0 Å². The summed E-state index contributed by atoms with van der Waals surface area (Å²) >= 11 is 1.69. The third-order valence-corrected chi connectivity index (χ3v) is 5.21. The van der Waals surface area contributed by atoms with Crippen LogP contribution in [-0.2, 0) is 17.4 Å². The normalized spacial score (nSPS) is 17.9. The number of aliphatic hydroxyl groups is 1. The van der Waals surface area contributed by atoms with Crippen molar-refractivity contribution in [3.05, 3.63) is 15.6 Å². The average molecular weight is 296 g/mol. The van der Waals surface area contributed by atoms with Crippen LogP contribution in [0.5, 0.6) is 0 Å². The maximum absolute atomic E-state index is 10.4. The topological polar surface area (TPSA) is 36.4 Å². The molecule has 2 rings (SSSR count). The maximum Gasteiger partial charge on any atom is 0.0951 e. The fourth-order valence-electron chi connectivity index (χ4n) is 2.65. The van der Waals surface area contributed by atoms with Crippen molar-refractivity contribution in [2.75, 3.05) is 19.6 Å². The fraction of sp³-hybridized carbons (Fsp3) is 0.812. The summed E-state index contributed by atoms with van der Waals surface area (Å²) in [6, 6.07) is 0. The largest absolute Gasteiger partial charge is 0.385 e. The van der Waals surface area contributed by atoms with Gasteiger partial charge in [0.1, 0.15) is 0 Å². The van der Waals surface area contributed by atoms with E-state index in [1.54, 1.807) is 11.3 Å². The molecule has 1 aliphatic rings. The molecule has 1 aromatic heterocycles. The number of hydrogen-bond acceptors (Lipinski definition) is 4. The standard InChI is InChI=1S/C16H28N2OS/c1-15(2,3)13-14(16(4,5)19)20-12(17-13)8-11-18-9-6-7-10-18/h19H,6-11H2,1-5H3. The molecule has 4 heteroatoms. The van der Waals surface area contributed by atoms with Gasteiger partial charge in [-0.15, -0.1) is 11.3 Å². The van der Waals surface area contributed by atoms with E-state index in [-0.39, 0.29) is 5.41 Å². The van der Waals surface area contributed by atoms with E-state index in [0.29, 0.717) is 0 Å². The minimum absolute atomic E-state index is 0.0161. The van der Waals surface area contributed by atoms with Crippen molar-refractivity contribution in [3.63, 3.8) is 0 Å². The first-order valence-corrected chi connectivity index (χ1v) is 8.45. The summed E-state index contributed by atoms with van der Waals surface area (Å²) in [4.78, 5) is 8.39. The molecule has 0 aromatic carbocycles. The molecule has 1 N–H and O–H groups in total. The monoisotopic (exact) mass is 296 g/mol. The van der Waals surface area contributed by atoms with Gasteiger partial charge >= 0.3 is 0 Å². The van der Waals surface area contributed by atoms with Gasteiger partial charge in [0.25, 0.3) is 0 Å². The molecule has 1 aliphatic heterocycles. The summed E-state index contributed by atoms with van der Waals surface area (Å²) in [5.74, 6) is 0. The Labute approximate surface area is 127 Å². The predicted molar refractivity (Wildman–Crippen MR) is 85.4 cm³/mol. The average Bonchev–Trinajstić information content (AvgIpc) is 2.94. The molecule has 0 bridgehead atoms. The molecule has 0 atom stereocenters. The first-order valence-electron chi connectivity index (χ1n) is 7.63. The third-order valence-electron chi connectivity index (χ3n) is 3.78. The molecular formula is C16H28N2OS. The smallest absolute Gasteiger partial charge is 0.0951 e.